The summed E-state index contributed by atoms with van der Waals surface area (Å²) in [6.45, 7) is 0.418. The fraction of sp³-hybridized carbons (Fsp3) is 0.556. The van der Waals surface area contributed by atoms with Crippen LogP contribution in [0, 0.1) is 0 Å². The Balaban J connectivity index is 1.95. The summed E-state index contributed by atoms with van der Waals surface area (Å²) < 4.78 is 0. The quantitative estimate of drug-likeness (QED) is 0.615. The molecule has 1 aliphatic carbocycles. The van der Waals surface area contributed by atoms with Gasteiger partial charge in [0, 0.05) is 5.69 Å². The molecule has 2 rings (SSSR count). The highest BCUT2D eigenvalue weighted by Gasteiger charge is 2.20. The van der Waals surface area contributed by atoms with Gasteiger partial charge < -0.3 is 21.5 Å². The van der Waals surface area contributed by atoms with E-state index in [1.54, 1.807) is 0 Å². The first-order valence-electron chi connectivity index (χ1n) is 8.70. The number of nitrogens with two attached hydrogens (primary N) is 1. The van der Waals surface area contributed by atoms with E-state index >= 15 is 0 Å². The lowest BCUT2D eigenvalue weighted by Gasteiger charge is -2.22. The van der Waals surface area contributed by atoms with Gasteiger partial charge in [-0.15, -0.1) is 0 Å². The van der Waals surface area contributed by atoms with Crippen molar-refractivity contribution in [1.82, 2.24) is 5.32 Å². The Bertz CT molecular complexity index is 539. The molecule has 132 valence electrons. The van der Waals surface area contributed by atoms with Crippen LogP contribution in [0.25, 0.3) is 0 Å². The number of anilines is 1. The van der Waals surface area contributed by atoms with Crippen LogP contribution in [0.3, 0.4) is 0 Å². The van der Waals surface area contributed by atoms with Crippen molar-refractivity contribution in [2.45, 2.75) is 56.9 Å². The second-order valence-electron chi connectivity index (χ2n) is 6.38. The van der Waals surface area contributed by atoms with Crippen LogP contribution in [-0.2, 0) is 4.79 Å². The third-order valence-electron chi connectivity index (χ3n) is 4.57. The number of nitrogens with one attached hydrogen (secondary N) is 2. The van der Waals surface area contributed by atoms with Crippen molar-refractivity contribution in [2.24, 2.45) is 5.73 Å². The highest BCUT2D eigenvalue weighted by Crippen LogP contribution is 2.32. The molecule has 2 amide bonds. The highest BCUT2D eigenvalue weighted by molar-refractivity contribution is 5.96. The van der Waals surface area contributed by atoms with E-state index in [1.807, 2.05) is 12.1 Å². The van der Waals surface area contributed by atoms with Crippen LogP contribution in [0.4, 0.5) is 10.5 Å². The van der Waals surface area contributed by atoms with Crippen LogP contribution >= 0.6 is 0 Å². The summed E-state index contributed by atoms with van der Waals surface area (Å²) in [6, 6.07) is 7.12. The van der Waals surface area contributed by atoms with E-state index in [-0.39, 0.29) is 5.91 Å². The molecule has 0 aliphatic heterocycles. The Labute approximate surface area is 142 Å². The van der Waals surface area contributed by atoms with Gasteiger partial charge in [0.1, 0.15) is 6.04 Å². The van der Waals surface area contributed by atoms with Crippen LogP contribution in [0.15, 0.2) is 24.3 Å². The molecule has 0 unspecified atom stereocenters. The number of hydrogen-bond donors (Lipinski definition) is 4. The molecule has 0 aromatic heterocycles. The average Bonchev–Trinajstić information content (AvgIpc) is 2.59. The van der Waals surface area contributed by atoms with Crippen LogP contribution in [0.1, 0.15) is 56.4 Å². The van der Waals surface area contributed by atoms with E-state index < -0.39 is 12.1 Å². The summed E-state index contributed by atoms with van der Waals surface area (Å²) in [5.74, 6) is 0.269. The van der Waals surface area contributed by atoms with Gasteiger partial charge in [-0.2, -0.15) is 0 Å². The van der Waals surface area contributed by atoms with Gasteiger partial charge in [-0.05, 0) is 55.8 Å². The van der Waals surface area contributed by atoms with Crippen LogP contribution in [-0.4, -0.2) is 29.7 Å². The first-order valence-corrected chi connectivity index (χ1v) is 8.70. The largest absolute Gasteiger partial charge is 0.465 e. The molecule has 0 bridgehead atoms. The molecule has 0 heterocycles. The van der Waals surface area contributed by atoms with E-state index in [0.29, 0.717) is 31.0 Å². The van der Waals surface area contributed by atoms with Gasteiger partial charge in [0.2, 0.25) is 5.91 Å². The molecule has 5 N–H and O–H groups in total. The van der Waals surface area contributed by atoms with E-state index in [9.17, 15) is 9.59 Å². The summed E-state index contributed by atoms with van der Waals surface area (Å²) in [6.07, 6.45) is 6.11. The SMILES string of the molecule is NCCC[C@@H](NC(=O)O)C(=O)Nc1ccc(C2CCCCC2)cc1. The normalized spacial score (nSPS) is 16.4. The third-order valence-corrected chi connectivity index (χ3v) is 4.57. The van der Waals surface area contributed by atoms with Crippen molar-refractivity contribution in [3.05, 3.63) is 29.8 Å². The van der Waals surface area contributed by atoms with Gasteiger partial charge in [-0.3, -0.25) is 4.79 Å². The maximum atomic E-state index is 12.3. The number of carboxylic acid groups (broad SMARTS) is 1. The maximum Gasteiger partial charge on any atom is 0.405 e. The summed E-state index contributed by atoms with van der Waals surface area (Å²) >= 11 is 0. The standard InChI is InChI=1S/C18H27N3O3/c19-12-4-7-16(21-18(23)24)17(22)20-15-10-8-14(9-11-15)13-5-2-1-3-6-13/h8-11,13,16,21H,1-7,12,19H2,(H,20,22)(H,23,24)/t16-/m1/s1. The lowest BCUT2D eigenvalue weighted by Crippen LogP contribution is -2.43. The monoisotopic (exact) mass is 333 g/mol. The molecule has 6 nitrogen and oxygen atoms in total. The number of carbonyl (C=O) groups excluding carboxylic acids is 1. The average molecular weight is 333 g/mol. The van der Waals surface area contributed by atoms with Gasteiger partial charge in [-0.25, -0.2) is 4.79 Å². The predicted molar refractivity (Wildman–Crippen MR) is 94.1 cm³/mol. The number of benzene rings is 1. The Morgan fingerprint density at radius 3 is 2.42 bits per heavy atom. The Kier molecular flexibility index (Phi) is 7.06. The molecule has 1 saturated carbocycles. The molecule has 24 heavy (non-hydrogen) atoms. The van der Waals surface area contributed by atoms with Gasteiger partial charge in [0.15, 0.2) is 0 Å². The minimum absolute atomic E-state index is 0.351. The fourth-order valence-electron chi connectivity index (χ4n) is 3.24. The first kappa shape index (κ1) is 18.3. The zero-order valence-corrected chi connectivity index (χ0v) is 14.0. The van der Waals surface area contributed by atoms with Crippen LogP contribution < -0.4 is 16.4 Å². The molecular formula is C18H27N3O3. The summed E-state index contributed by atoms with van der Waals surface area (Å²) in [5.41, 5.74) is 7.44. The number of hydrogen-bond acceptors (Lipinski definition) is 3. The minimum Gasteiger partial charge on any atom is -0.465 e. The van der Waals surface area contributed by atoms with Crippen molar-refractivity contribution in [3.63, 3.8) is 0 Å². The molecular weight excluding hydrogens is 306 g/mol. The lowest BCUT2D eigenvalue weighted by molar-refractivity contribution is -0.118. The Hall–Kier alpha value is -2.08. The van der Waals surface area contributed by atoms with Crippen molar-refractivity contribution >= 4 is 17.7 Å². The van der Waals surface area contributed by atoms with E-state index in [2.05, 4.69) is 22.8 Å². The second-order valence-corrected chi connectivity index (χ2v) is 6.38. The van der Waals surface area contributed by atoms with E-state index in [0.717, 1.165) is 0 Å². The number of carbonyl (C=O) groups is 2. The molecule has 1 aliphatic rings. The fourth-order valence-corrected chi connectivity index (χ4v) is 3.24. The molecule has 1 fully saturated rings. The highest BCUT2D eigenvalue weighted by atomic mass is 16.4. The molecule has 1 atom stereocenters. The smallest absolute Gasteiger partial charge is 0.405 e. The molecule has 0 saturated heterocycles. The molecule has 0 spiro atoms. The molecule has 6 heteroatoms. The zero-order chi connectivity index (χ0) is 17.4. The third kappa shape index (κ3) is 5.53. The summed E-state index contributed by atoms with van der Waals surface area (Å²) in [5, 5.41) is 13.9. The topological polar surface area (TPSA) is 104 Å². The number of amides is 2. The molecule has 1 aromatic rings. The predicted octanol–water partition coefficient (Wildman–Crippen LogP) is 3.05. The van der Waals surface area contributed by atoms with Gasteiger partial charge in [0.05, 0.1) is 0 Å². The van der Waals surface area contributed by atoms with Crippen molar-refractivity contribution in [3.8, 4) is 0 Å². The van der Waals surface area contributed by atoms with Crippen molar-refractivity contribution in [2.75, 3.05) is 11.9 Å². The first-order chi connectivity index (χ1) is 11.6. The van der Waals surface area contributed by atoms with Crippen molar-refractivity contribution < 1.29 is 14.7 Å². The molecule has 0 radical (unpaired) electrons. The summed E-state index contributed by atoms with van der Waals surface area (Å²) in [7, 11) is 0. The van der Waals surface area contributed by atoms with Gasteiger partial charge >= 0.3 is 6.09 Å². The minimum atomic E-state index is -1.21. The maximum absolute atomic E-state index is 12.3. The summed E-state index contributed by atoms with van der Waals surface area (Å²) in [4.78, 5) is 23.1. The number of rotatable bonds is 7. The molecule has 1 aromatic carbocycles. The van der Waals surface area contributed by atoms with Crippen LogP contribution in [0.5, 0.6) is 0 Å². The van der Waals surface area contributed by atoms with E-state index in [4.69, 9.17) is 10.8 Å². The second kappa shape index (κ2) is 9.27. The lowest BCUT2D eigenvalue weighted by atomic mass is 9.84. The Morgan fingerprint density at radius 2 is 1.83 bits per heavy atom. The zero-order valence-electron chi connectivity index (χ0n) is 14.0. The van der Waals surface area contributed by atoms with E-state index in [1.165, 1.54) is 37.7 Å². The Morgan fingerprint density at radius 1 is 1.17 bits per heavy atom. The van der Waals surface area contributed by atoms with Crippen molar-refractivity contribution in [1.29, 1.82) is 0 Å². The van der Waals surface area contributed by atoms with Crippen LogP contribution in [0.2, 0.25) is 0 Å². The van der Waals surface area contributed by atoms with Gasteiger partial charge in [0.25, 0.3) is 0 Å². The van der Waals surface area contributed by atoms with Gasteiger partial charge in [-0.1, -0.05) is 31.4 Å².